The fraction of sp³-hybridized carbons (Fsp3) is 0.368. The lowest BCUT2D eigenvalue weighted by Gasteiger charge is -2.26. The molecule has 1 saturated heterocycles. The average Bonchev–Trinajstić information content (AvgIpc) is 3.35. The van der Waals surface area contributed by atoms with Crippen molar-refractivity contribution in [3.63, 3.8) is 0 Å². The number of nitrogens with zero attached hydrogens (tertiary/aromatic N) is 1. The van der Waals surface area contributed by atoms with Gasteiger partial charge in [0, 0.05) is 17.0 Å². The van der Waals surface area contributed by atoms with Crippen LogP contribution in [0, 0.1) is 0 Å². The van der Waals surface area contributed by atoms with Gasteiger partial charge in [-0.1, -0.05) is 0 Å². The molecule has 1 aromatic heterocycles. The highest BCUT2D eigenvalue weighted by Crippen LogP contribution is 2.32. The van der Waals surface area contributed by atoms with Crippen molar-refractivity contribution in [3.8, 4) is 0 Å². The predicted molar refractivity (Wildman–Crippen MR) is 100 cm³/mol. The van der Waals surface area contributed by atoms with E-state index in [-0.39, 0.29) is 17.9 Å². The van der Waals surface area contributed by atoms with Crippen LogP contribution in [-0.2, 0) is 4.79 Å². The molecule has 2 N–H and O–H groups in total. The summed E-state index contributed by atoms with van der Waals surface area (Å²) >= 11 is 1.49. The quantitative estimate of drug-likeness (QED) is 0.845. The molecule has 2 amide bonds. The van der Waals surface area contributed by atoms with Crippen molar-refractivity contribution in [1.29, 1.82) is 0 Å². The van der Waals surface area contributed by atoms with Crippen molar-refractivity contribution in [2.45, 2.75) is 23.8 Å². The molecule has 4 rings (SSSR count). The summed E-state index contributed by atoms with van der Waals surface area (Å²) in [6, 6.07) is 9.32. The third kappa shape index (κ3) is 3.64. The number of fused-ring (bicyclic) bond motifs is 1. The highest BCUT2D eigenvalue weighted by molar-refractivity contribution is 8.00. The van der Waals surface area contributed by atoms with Gasteiger partial charge in [0.15, 0.2) is 0 Å². The van der Waals surface area contributed by atoms with Gasteiger partial charge in [0.1, 0.15) is 5.76 Å². The second kappa shape index (κ2) is 7.55. The maximum atomic E-state index is 12.6. The Balaban J connectivity index is 1.45. The monoisotopic (exact) mass is 371 g/mol. The number of amides is 2. The lowest BCUT2D eigenvalue weighted by atomic mass is 10.1. The van der Waals surface area contributed by atoms with Gasteiger partial charge in [0.05, 0.1) is 23.7 Å². The van der Waals surface area contributed by atoms with Crippen LogP contribution < -0.4 is 10.6 Å². The number of thioether (sulfide) groups is 1. The third-order valence-electron chi connectivity index (χ3n) is 4.78. The molecule has 0 spiro atoms. The Morgan fingerprint density at radius 2 is 2.15 bits per heavy atom. The van der Waals surface area contributed by atoms with Gasteiger partial charge in [-0.2, -0.15) is 0 Å². The summed E-state index contributed by atoms with van der Waals surface area (Å²) in [4.78, 5) is 27.5. The zero-order valence-electron chi connectivity index (χ0n) is 14.4. The number of benzene rings is 1. The molecule has 1 atom stereocenters. The third-order valence-corrected chi connectivity index (χ3v) is 5.86. The molecule has 6 nitrogen and oxygen atoms in total. The first-order chi connectivity index (χ1) is 12.7. The summed E-state index contributed by atoms with van der Waals surface area (Å²) in [7, 11) is 0. The molecule has 0 saturated carbocycles. The van der Waals surface area contributed by atoms with Crippen molar-refractivity contribution in [1.82, 2.24) is 10.2 Å². The number of hydrogen-bond donors (Lipinski definition) is 2. The summed E-state index contributed by atoms with van der Waals surface area (Å²) in [6.45, 7) is 2.53. The minimum atomic E-state index is -0.145. The number of anilines is 1. The van der Waals surface area contributed by atoms with E-state index in [1.54, 1.807) is 18.4 Å². The zero-order chi connectivity index (χ0) is 17.9. The van der Waals surface area contributed by atoms with E-state index in [1.165, 1.54) is 24.6 Å². The Morgan fingerprint density at radius 1 is 1.31 bits per heavy atom. The van der Waals surface area contributed by atoms with Crippen molar-refractivity contribution in [2.75, 3.05) is 30.7 Å². The minimum absolute atomic E-state index is 0.0352. The normalized spacial score (nSPS) is 18.2. The van der Waals surface area contributed by atoms with Crippen LogP contribution in [0.4, 0.5) is 5.69 Å². The lowest BCUT2D eigenvalue weighted by Crippen LogP contribution is -2.36. The summed E-state index contributed by atoms with van der Waals surface area (Å²) in [5.74, 6) is 1.11. The maximum absolute atomic E-state index is 12.6. The fourth-order valence-electron chi connectivity index (χ4n) is 3.46. The van der Waals surface area contributed by atoms with Gasteiger partial charge in [-0.15, -0.1) is 11.8 Å². The molecule has 3 heterocycles. The molecule has 2 aliphatic rings. The molecule has 26 heavy (non-hydrogen) atoms. The first kappa shape index (κ1) is 17.2. The predicted octanol–water partition coefficient (Wildman–Crippen LogP) is 2.89. The molecule has 136 valence electrons. The van der Waals surface area contributed by atoms with E-state index in [0.29, 0.717) is 23.5 Å². The fourth-order valence-corrected chi connectivity index (χ4v) is 4.25. The van der Waals surface area contributed by atoms with Crippen molar-refractivity contribution < 1.29 is 14.0 Å². The Bertz CT molecular complexity index is 800. The molecule has 0 aliphatic carbocycles. The number of rotatable bonds is 5. The van der Waals surface area contributed by atoms with Gasteiger partial charge >= 0.3 is 0 Å². The largest absolute Gasteiger partial charge is 0.468 e. The average molecular weight is 371 g/mol. The van der Waals surface area contributed by atoms with Crippen LogP contribution in [0.1, 0.15) is 35.0 Å². The van der Waals surface area contributed by atoms with Crippen molar-refractivity contribution in [3.05, 3.63) is 47.9 Å². The van der Waals surface area contributed by atoms with E-state index in [2.05, 4.69) is 15.5 Å². The molecular formula is C19H21N3O3S. The van der Waals surface area contributed by atoms with E-state index >= 15 is 0 Å². The number of likely N-dealkylation sites (tertiary alicyclic amines) is 1. The molecule has 1 aromatic carbocycles. The first-order valence-corrected chi connectivity index (χ1v) is 9.81. The molecule has 7 heteroatoms. The lowest BCUT2D eigenvalue weighted by molar-refractivity contribution is -0.113. The summed E-state index contributed by atoms with van der Waals surface area (Å²) < 4.78 is 5.59. The zero-order valence-corrected chi connectivity index (χ0v) is 15.2. The number of carbonyl (C=O) groups is 2. The number of furan rings is 1. The molecule has 0 bridgehead atoms. The molecule has 2 aliphatic heterocycles. The van der Waals surface area contributed by atoms with E-state index in [0.717, 1.165) is 23.7 Å². The summed E-state index contributed by atoms with van der Waals surface area (Å²) in [5.41, 5.74) is 1.26. The molecule has 1 unspecified atom stereocenters. The van der Waals surface area contributed by atoms with Crippen LogP contribution in [0.5, 0.6) is 0 Å². The van der Waals surface area contributed by atoms with Crippen LogP contribution >= 0.6 is 11.8 Å². The maximum Gasteiger partial charge on any atom is 0.251 e. The number of hydrogen-bond acceptors (Lipinski definition) is 5. The van der Waals surface area contributed by atoms with Crippen LogP contribution in [-0.4, -0.2) is 42.1 Å². The summed E-state index contributed by atoms with van der Waals surface area (Å²) in [6.07, 6.45) is 4.02. The van der Waals surface area contributed by atoms with Gasteiger partial charge in [-0.05, 0) is 56.3 Å². The molecule has 1 fully saturated rings. The van der Waals surface area contributed by atoms with E-state index in [1.807, 2.05) is 18.2 Å². The Kier molecular flexibility index (Phi) is 4.99. The van der Waals surface area contributed by atoms with E-state index < -0.39 is 0 Å². The van der Waals surface area contributed by atoms with Gasteiger partial charge in [-0.25, -0.2) is 0 Å². The number of carbonyl (C=O) groups excluding carboxylic acids is 2. The van der Waals surface area contributed by atoms with Gasteiger partial charge < -0.3 is 15.1 Å². The van der Waals surface area contributed by atoms with Crippen LogP contribution in [0.25, 0.3) is 0 Å². The van der Waals surface area contributed by atoms with Crippen LogP contribution in [0.3, 0.4) is 0 Å². The van der Waals surface area contributed by atoms with Gasteiger partial charge in [-0.3, -0.25) is 14.5 Å². The Hall–Kier alpha value is -2.25. The van der Waals surface area contributed by atoms with Crippen LogP contribution in [0.2, 0.25) is 0 Å². The minimum Gasteiger partial charge on any atom is -0.468 e. The second-order valence-electron chi connectivity index (χ2n) is 6.53. The van der Waals surface area contributed by atoms with E-state index in [4.69, 9.17) is 4.42 Å². The Morgan fingerprint density at radius 3 is 2.92 bits per heavy atom. The highest BCUT2D eigenvalue weighted by atomic mass is 32.2. The van der Waals surface area contributed by atoms with Crippen molar-refractivity contribution in [2.24, 2.45) is 0 Å². The number of nitrogens with one attached hydrogen (secondary N) is 2. The second-order valence-corrected chi connectivity index (χ2v) is 7.55. The SMILES string of the molecule is O=C1CSc2ccc(C(=O)NCC(c3ccco3)N3CCCC3)cc2N1. The summed E-state index contributed by atoms with van der Waals surface area (Å²) in [5, 5.41) is 5.85. The topological polar surface area (TPSA) is 74.6 Å². The van der Waals surface area contributed by atoms with Gasteiger partial charge in [0.25, 0.3) is 5.91 Å². The molecule has 0 radical (unpaired) electrons. The highest BCUT2D eigenvalue weighted by Gasteiger charge is 2.26. The Labute approximate surface area is 156 Å². The van der Waals surface area contributed by atoms with E-state index in [9.17, 15) is 9.59 Å². The molecular weight excluding hydrogens is 350 g/mol. The van der Waals surface area contributed by atoms with Gasteiger partial charge in [0.2, 0.25) is 5.91 Å². The molecule has 2 aromatic rings. The standard InChI is InChI=1S/C19H21N3O3S/c23-18-12-26-17-6-5-13(10-14(17)21-18)19(24)20-11-15(16-4-3-9-25-16)22-7-1-2-8-22/h3-6,9-10,15H,1-2,7-8,11-12H2,(H,20,24)(H,21,23). The smallest absolute Gasteiger partial charge is 0.251 e. The first-order valence-electron chi connectivity index (χ1n) is 8.83. The van der Waals surface area contributed by atoms with Crippen LogP contribution in [0.15, 0.2) is 45.9 Å². The van der Waals surface area contributed by atoms with Crippen molar-refractivity contribution >= 4 is 29.3 Å².